The van der Waals surface area contributed by atoms with E-state index >= 15 is 0 Å². The van der Waals surface area contributed by atoms with E-state index in [0.29, 0.717) is 17.3 Å². The maximum Gasteiger partial charge on any atom is 0.146 e. The number of hydrogen-bond donors (Lipinski definition) is 1. The van der Waals surface area contributed by atoms with Crippen molar-refractivity contribution in [2.75, 3.05) is 19.0 Å². The lowest BCUT2D eigenvalue weighted by Gasteiger charge is -2.17. The molecule has 0 fully saturated rings. The molecule has 0 aliphatic rings. The highest BCUT2D eigenvalue weighted by atomic mass is 35.5. The Labute approximate surface area is 94.4 Å². The molecule has 1 unspecified atom stereocenters. The van der Waals surface area contributed by atoms with Crippen molar-refractivity contribution in [3.8, 4) is 0 Å². The molecule has 1 aromatic carbocycles. The number of nitrogens with one attached hydrogen (secondary N) is 1. The Hall–Kier alpha value is -0.800. The molecule has 4 heteroatoms. The molecule has 15 heavy (non-hydrogen) atoms. The van der Waals surface area contributed by atoms with Crippen LogP contribution in [0.5, 0.6) is 0 Å². The van der Waals surface area contributed by atoms with Gasteiger partial charge in [-0.2, -0.15) is 0 Å². The summed E-state index contributed by atoms with van der Waals surface area (Å²) in [5.74, 6) is -0.297. The number of methoxy groups -OCH3 is 1. The maximum absolute atomic E-state index is 13.3. The van der Waals surface area contributed by atoms with Crippen LogP contribution in [0.3, 0.4) is 0 Å². The fraction of sp³-hybridized carbons (Fsp3) is 0.455. The van der Waals surface area contributed by atoms with Gasteiger partial charge >= 0.3 is 0 Å². The minimum absolute atomic E-state index is 0.1000. The van der Waals surface area contributed by atoms with Crippen molar-refractivity contribution in [2.24, 2.45) is 0 Å². The van der Waals surface area contributed by atoms with Gasteiger partial charge in [0.25, 0.3) is 0 Å². The lowest BCUT2D eigenvalue weighted by Crippen LogP contribution is -2.24. The van der Waals surface area contributed by atoms with Gasteiger partial charge in [0.2, 0.25) is 0 Å². The zero-order chi connectivity index (χ0) is 11.3. The fourth-order valence-electron chi connectivity index (χ4n) is 1.29. The summed E-state index contributed by atoms with van der Waals surface area (Å²) in [6.45, 7) is 2.56. The Morgan fingerprint density at radius 2 is 2.27 bits per heavy atom. The topological polar surface area (TPSA) is 21.3 Å². The standard InChI is InChI=1S/C11H15ClFNO/c1-3-9(7-15-2)14-11-6-8(12)4-5-10(11)13/h4-6,9,14H,3,7H2,1-2H3. The third-order valence-corrected chi connectivity index (χ3v) is 2.38. The van der Waals surface area contributed by atoms with E-state index in [1.165, 1.54) is 12.1 Å². The second kappa shape index (κ2) is 5.93. The van der Waals surface area contributed by atoms with E-state index in [9.17, 15) is 4.39 Å². The molecule has 0 radical (unpaired) electrons. The van der Waals surface area contributed by atoms with Gasteiger partial charge in [-0.25, -0.2) is 4.39 Å². The molecule has 0 saturated heterocycles. The highest BCUT2D eigenvalue weighted by Gasteiger charge is 2.09. The summed E-state index contributed by atoms with van der Waals surface area (Å²) in [4.78, 5) is 0. The second-order valence-electron chi connectivity index (χ2n) is 3.33. The SMILES string of the molecule is CCC(COC)Nc1cc(Cl)ccc1F. The summed E-state index contributed by atoms with van der Waals surface area (Å²) in [7, 11) is 1.62. The monoisotopic (exact) mass is 231 g/mol. The third-order valence-electron chi connectivity index (χ3n) is 2.15. The van der Waals surface area contributed by atoms with Crippen LogP contribution in [-0.4, -0.2) is 19.8 Å². The highest BCUT2D eigenvalue weighted by molar-refractivity contribution is 6.30. The number of hydrogen-bond acceptors (Lipinski definition) is 2. The molecule has 2 nitrogen and oxygen atoms in total. The first-order valence-electron chi connectivity index (χ1n) is 4.88. The average molecular weight is 232 g/mol. The quantitative estimate of drug-likeness (QED) is 0.840. The van der Waals surface area contributed by atoms with Crippen molar-refractivity contribution < 1.29 is 9.13 Å². The van der Waals surface area contributed by atoms with E-state index in [4.69, 9.17) is 16.3 Å². The lowest BCUT2D eigenvalue weighted by molar-refractivity contribution is 0.184. The molecule has 1 N–H and O–H groups in total. The molecule has 1 aromatic rings. The van der Waals surface area contributed by atoms with Crippen molar-refractivity contribution in [3.63, 3.8) is 0 Å². The zero-order valence-corrected chi connectivity index (χ0v) is 9.64. The Bertz CT molecular complexity index is 319. The van der Waals surface area contributed by atoms with Crippen molar-refractivity contribution in [3.05, 3.63) is 29.0 Å². The summed E-state index contributed by atoms with van der Waals surface area (Å²) >= 11 is 5.78. The summed E-state index contributed by atoms with van der Waals surface area (Å²) in [6.07, 6.45) is 0.861. The minimum Gasteiger partial charge on any atom is -0.383 e. The van der Waals surface area contributed by atoms with Crippen molar-refractivity contribution in [1.82, 2.24) is 0 Å². The first-order valence-corrected chi connectivity index (χ1v) is 5.25. The Balaban J connectivity index is 2.73. The molecule has 0 heterocycles. The van der Waals surface area contributed by atoms with Gasteiger partial charge in [0.05, 0.1) is 12.3 Å². The van der Waals surface area contributed by atoms with Crippen LogP contribution in [0.4, 0.5) is 10.1 Å². The molecule has 0 bridgehead atoms. The Morgan fingerprint density at radius 1 is 1.53 bits per heavy atom. The Morgan fingerprint density at radius 3 is 2.87 bits per heavy atom. The van der Waals surface area contributed by atoms with Gasteiger partial charge < -0.3 is 10.1 Å². The predicted octanol–water partition coefficient (Wildman–Crippen LogP) is 3.32. The summed E-state index contributed by atoms with van der Waals surface area (Å²) < 4.78 is 18.4. The Kier molecular flexibility index (Phi) is 4.85. The molecule has 1 atom stereocenters. The van der Waals surface area contributed by atoms with Crippen LogP contribution in [-0.2, 0) is 4.74 Å². The van der Waals surface area contributed by atoms with E-state index in [2.05, 4.69) is 5.32 Å². The van der Waals surface area contributed by atoms with Crippen LogP contribution in [0.15, 0.2) is 18.2 Å². The highest BCUT2D eigenvalue weighted by Crippen LogP contribution is 2.20. The van der Waals surface area contributed by atoms with E-state index in [1.807, 2.05) is 6.92 Å². The lowest BCUT2D eigenvalue weighted by atomic mass is 10.2. The predicted molar refractivity (Wildman–Crippen MR) is 61.0 cm³/mol. The fourth-order valence-corrected chi connectivity index (χ4v) is 1.46. The zero-order valence-electron chi connectivity index (χ0n) is 8.89. The molecular weight excluding hydrogens is 217 g/mol. The molecule has 0 aliphatic heterocycles. The second-order valence-corrected chi connectivity index (χ2v) is 3.77. The minimum atomic E-state index is -0.297. The number of halogens is 2. The van der Waals surface area contributed by atoms with Crippen LogP contribution >= 0.6 is 11.6 Å². The first kappa shape index (κ1) is 12.3. The maximum atomic E-state index is 13.3. The van der Waals surface area contributed by atoms with E-state index in [1.54, 1.807) is 13.2 Å². The van der Waals surface area contributed by atoms with Crippen LogP contribution < -0.4 is 5.32 Å². The number of rotatable bonds is 5. The van der Waals surface area contributed by atoms with Gasteiger partial charge in [-0.05, 0) is 24.6 Å². The summed E-state index contributed by atoms with van der Waals surface area (Å²) in [5, 5.41) is 3.57. The molecule has 0 aromatic heterocycles. The van der Waals surface area contributed by atoms with Crippen LogP contribution in [0.2, 0.25) is 5.02 Å². The van der Waals surface area contributed by atoms with Crippen LogP contribution in [0.1, 0.15) is 13.3 Å². The van der Waals surface area contributed by atoms with Gasteiger partial charge in [-0.1, -0.05) is 18.5 Å². The van der Waals surface area contributed by atoms with E-state index in [-0.39, 0.29) is 11.9 Å². The number of anilines is 1. The smallest absolute Gasteiger partial charge is 0.146 e. The van der Waals surface area contributed by atoms with Gasteiger partial charge in [-0.15, -0.1) is 0 Å². The van der Waals surface area contributed by atoms with Gasteiger partial charge in [-0.3, -0.25) is 0 Å². The van der Waals surface area contributed by atoms with Crippen molar-refractivity contribution in [1.29, 1.82) is 0 Å². The van der Waals surface area contributed by atoms with Gasteiger partial charge in [0.1, 0.15) is 5.82 Å². The molecule has 0 saturated carbocycles. The van der Waals surface area contributed by atoms with E-state index in [0.717, 1.165) is 6.42 Å². The van der Waals surface area contributed by atoms with Crippen molar-refractivity contribution >= 4 is 17.3 Å². The molecule has 0 spiro atoms. The largest absolute Gasteiger partial charge is 0.383 e. The molecule has 1 rings (SSSR count). The number of ether oxygens (including phenoxy) is 1. The normalized spacial score (nSPS) is 12.5. The number of benzene rings is 1. The van der Waals surface area contributed by atoms with Gasteiger partial charge in [0, 0.05) is 18.2 Å². The molecule has 84 valence electrons. The third kappa shape index (κ3) is 3.68. The van der Waals surface area contributed by atoms with Gasteiger partial charge in [0.15, 0.2) is 0 Å². The molecular formula is C11H15ClFNO. The summed E-state index contributed by atoms with van der Waals surface area (Å²) in [5.41, 5.74) is 0.423. The van der Waals surface area contributed by atoms with Crippen LogP contribution in [0, 0.1) is 5.82 Å². The average Bonchev–Trinajstić information content (AvgIpc) is 2.22. The van der Waals surface area contributed by atoms with Crippen LogP contribution in [0.25, 0.3) is 0 Å². The van der Waals surface area contributed by atoms with E-state index < -0.39 is 0 Å². The van der Waals surface area contributed by atoms with Crippen molar-refractivity contribution in [2.45, 2.75) is 19.4 Å². The first-order chi connectivity index (χ1) is 7.17. The molecule has 0 amide bonds. The molecule has 0 aliphatic carbocycles. The summed E-state index contributed by atoms with van der Waals surface area (Å²) in [6, 6.07) is 4.56.